The van der Waals surface area contributed by atoms with Gasteiger partial charge < -0.3 is 9.64 Å². The van der Waals surface area contributed by atoms with Crippen LogP contribution >= 0.6 is 11.3 Å². The van der Waals surface area contributed by atoms with Gasteiger partial charge in [0, 0.05) is 56.1 Å². The smallest absolute Gasteiger partial charge is 0.223 e. The highest BCUT2D eigenvalue weighted by molar-refractivity contribution is 7.09. The van der Waals surface area contributed by atoms with Crippen molar-refractivity contribution in [3.63, 3.8) is 0 Å². The number of thiazole rings is 1. The van der Waals surface area contributed by atoms with E-state index >= 15 is 0 Å². The molecule has 1 amide bonds. The van der Waals surface area contributed by atoms with Crippen molar-refractivity contribution in [3.8, 4) is 0 Å². The average Bonchev–Trinajstić information content (AvgIpc) is 3.10. The Kier molecular flexibility index (Phi) is 5.10. The van der Waals surface area contributed by atoms with Crippen LogP contribution in [0.2, 0.25) is 0 Å². The fraction of sp³-hybridized carbons (Fsp3) is 0.750. The number of aromatic nitrogens is 1. The van der Waals surface area contributed by atoms with Crippen LogP contribution in [0.3, 0.4) is 0 Å². The van der Waals surface area contributed by atoms with Gasteiger partial charge in [0.25, 0.3) is 0 Å². The van der Waals surface area contributed by atoms with E-state index < -0.39 is 0 Å². The zero-order chi connectivity index (χ0) is 15.4. The van der Waals surface area contributed by atoms with E-state index in [0.29, 0.717) is 12.3 Å². The summed E-state index contributed by atoms with van der Waals surface area (Å²) in [6.07, 6.45) is 4.55. The van der Waals surface area contributed by atoms with Crippen molar-refractivity contribution in [3.05, 3.63) is 16.6 Å². The maximum Gasteiger partial charge on any atom is 0.223 e. The molecule has 0 saturated carbocycles. The summed E-state index contributed by atoms with van der Waals surface area (Å²) in [6.45, 7) is 8.36. The Labute approximate surface area is 136 Å². The maximum atomic E-state index is 12.4. The molecule has 3 heterocycles. The third kappa shape index (κ3) is 3.67. The van der Waals surface area contributed by atoms with Gasteiger partial charge in [-0.1, -0.05) is 6.92 Å². The molecule has 0 aromatic carbocycles. The predicted octanol–water partition coefficient (Wildman–Crippen LogP) is 1.75. The van der Waals surface area contributed by atoms with Crippen molar-refractivity contribution >= 4 is 17.2 Å². The Balaban J connectivity index is 1.45. The lowest BCUT2D eigenvalue weighted by Gasteiger charge is -2.38. The van der Waals surface area contributed by atoms with Crippen LogP contribution in [0, 0.1) is 0 Å². The van der Waals surface area contributed by atoms with Crippen LogP contribution in [0.5, 0.6) is 0 Å². The summed E-state index contributed by atoms with van der Waals surface area (Å²) in [7, 11) is 0. The second-order valence-electron chi connectivity index (χ2n) is 6.48. The van der Waals surface area contributed by atoms with Crippen molar-refractivity contribution in [1.29, 1.82) is 0 Å². The molecule has 122 valence electrons. The Morgan fingerprint density at radius 3 is 2.68 bits per heavy atom. The first-order valence-corrected chi connectivity index (χ1v) is 9.03. The molecular weight excluding hydrogens is 298 g/mol. The molecule has 22 heavy (non-hydrogen) atoms. The molecule has 2 aliphatic rings. The number of carbonyl (C=O) groups is 1. The molecule has 2 saturated heterocycles. The van der Waals surface area contributed by atoms with Gasteiger partial charge in [-0.15, -0.1) is 11.3 Å². The topological polar surface area (TPSA) is 45.7 Å². The average molecular weight is 323 g/mol. The highest BCUT2D eigenvalue weighted by atomic mass is 32.1. The SMILES string of the molecule is CC1(c2nccs2)CCN(C(=O)CCN2CCOCC2)CC1. The Bertz CT molecular complexity index is 478. The minimum absolute atomic E-state index is 0.148. The van der Waals surface area contributed by atoms with Gasteiger partial charge in [-0.05, 0) is 12.8 Å². The number of likely N-dealkylation sites (tertiary alicyclic amines) is 1. The number of hydrogen-bond donors (Lipinski definition) is 0. The highest BCUT2D eigenvalue weighted by Gasteiger charge is 2.35. The van der Waals surface area contributed by atoms with Crippen LogP contribution < -0.4 is 0 Å². The number of piperidine rings is 1. The molecule has 0 unspecified atom stereocenters. The van der Waals surface area contributed by atoms with Crippen LogP contribution in [0.25, 0.3) is 0 Å². The summed E-state index contributed by atoms with van der Waals surface area (Å²) in [6, 6.07) is 0. The molecule has 0 aliphatic carbocycles. The Morgan fingerprint density at radius 1 is 1.32 bits per heavy atom. The van der Waals surface area contributed by atoms with Gasteiger partial charge in [-0.3, -0.25) is 9.69 Å². The molecule has 5 nitrogen and oxygen atoms in total. The zero-order valence-corrected chi connectivity index (χ0v) is 14.1. The van der Waals surface area contributed by atoms with E-state index in [-0.39, 0.29) is 5.41 Å². The van der Waals surface area contributed by atoms with Gasteiger partial charge in [-0.25, -0.2) is 4.98 Å². The van der Waals surface area contributed by atoms with Crippen LogP contribution in [0.15, 0.2) is 11.6 Å². The first kappa shape index (κ1) is 15.9. The summed E-state index contributed by atoms with van der Waals surface area (Å²) in [5, 5.41) is 3.26. The highest BCUT2D eigenvalue weighted by Crippen LogP contribution is 2.36. The van der Waals surface area contributed by atoms with Crippen LogP contribution in [-0.4, -0.2) is 66.6 Å². The number of ether oxygens (including phenoxy) is 1. The van der Waals surface area contributed by atoms with Crippen LogP contribution in [0.4, 0.5) is 0 Å². The van der Waals surface area contributed by atoms with Crippen molar-refractivity contribution in [1.82, 2.24) is 14.8 Å². The number of nitrogens with zero attached hydrogens (tertiary/aromatic N) is 3. The molecule has 0 spiro atoms. The van der Waals surface area contributed by atoms with Gasteiger partial charge in [0.05, 0.1) is 18.2 Å². The minimum Gasteiger partial charge on any atom is -0.379 e. The summed E-state index contributed by atoms with van der Waals surface area (Å²) in [5.41, 5.74) is 0.148. The van der Waals surface area contributed by atoms with E-state index in [1.807, 2.05) is 16.5 Å². The van der Waals surface area contributed by atoms with E-state index in [0.717, 1.165) is 58.8 Å². The summed E-state index contributed by atoms with van der Waals surface area (Å²) in [4.78, 5) is 21.2. The normalized spacial score (nSPS) is 22.7. The van der Waals surface area contributed by atoms with E-state index in [4.69, 9.17) is 4.74 Å². The lowest BCUT2D eigenvalue weighted by Crippen LogP contribution is -2.45. The molecule has 0 N–H and O–H groups in total. The van der Waals surface area contributed by atoms with E-state index in [2.05, 4.69) is 16.8 Å². The third-order valence-electron chi connectivity index (χ3n) is 4.91. The number of morpholine rings is 1. The van der Waals surface area contributed by atoms with Crippen LogP contribution in [-0.2, 0) is 14.9 Å². The maximum absolute atomic E-state index is 12.4. The summed E-state index contributed by atoms with van der Waals surface area (Å²) >= 11 is 1.73. The van der Waals surface area contributed by atoms with Crippen molar-refractivity contribution in [2.45, 2.75) is 31.6 Å². The monoisotopic (exact) mass is 323 g/mol. The number of rotatable bonds is 4. The van der Waals surface area contributed by atoms with Gasteiger partial charge in [0.1, 0.15) is 0 Å². The molecule has 0 radical (unpaired) electrons. The number of carbonyl (C=O) groups excluding carboxylic acids is 1. The van der Waals surface area contributed by atoms with Crippen molar-refractivity contribution < 1.29 is 9.53 Å². The van der Waals surface area contributed by atoms with Crippen molar-refractivity contribution in [2.75, 3.05) is 45.9 Å². The molecule has 0 atom stereocenters. The van der Waals surface area contributed by atoms with Crippen molar-refractivity contribution in [2.24, 2.45) is 0 Å². The molecule has 1 aromatic rings. The second-order valence-corrected chi connectivity index (χ2v) is 7.38. The number of hydrogen-bond acceptors (Lipinski definition) is 5. The first-order valence-electron chi connectivity index (χ1n) is 8.15. The quantitative estimate of drug-likeness (QED) is 0.847. The molecule has 6 heteroatoms. The third-order valence-corrected chi connectivity index (χ3v) is 5.99. The zero-order valence-electron chi connectivity index (χ0n) is 13.3. The van der Waals surface area contributed by atoms with E-state index in [1.165, 1.54) is 5.01 Å². The fourth-order valence-corrected chi connectivity index (χ4v) is 4.08. The largest absolute Gasteiger partial charge is 0.379 e. The Hall–Kier alpha value is -0.980. The molecule has 1 aromatic heterocycles. The number of amides is 1. The minimum atomic E-state index is 0.148. The van der Waals surface area contributed by atoms with Gasteiger partial charge >= 0.3 is 0 Å². The summed E-state index contributed by atoms with van der Waals surface area (Å²) in [5.74, 6) is 0.299. The first-order chi connectivity index (χ1) is 10.7. The molecule has 2 aliphatic heterocycles. The standard InChI is InChI=1S/C16H25N3O2S/c1-16(15-17-5-13-22-15)3-7-19(8-4-16)14(20)2-6-18-9-11-21-12-10-18/h5,13H,2-4,6-12H2,1H3. The Morgan fingerprint density at radius 2 is 2.05 bits per heavy atom. The fourth-order valence-electron chi connectivity index (χ4n) is 3.22. The molecular formula is C16H25N3O2S. The van der Waals surface area contributed by atoms with E-state index in [1.54, 1.807) is 11.3 Å². The lowest BCUT2D eigenvalue weighted by molar-refractivity contribution is -0.133. The van der Waals surface area contributed by atoms with Crippen LogP contribution in [0.1, 0.15) is 31.2 Å². The predicted molar refractivity (Wildman–Crippen MR) is 87.2 cm³/mol. The molecule has 3 rings (SSSR count). The van der Waals surface area contributed by atoms with Gasteiger partial charge in [0.15, 0.2) is 0 Å². The molecule has 0 bridgehead atoms. The van der Waals surface area contributed by atoms with Gasteiger partial charge in [0.2, 0.25) is 5.91 Å². The summed E-state index contributed by atoms with van der Waals surface area (Å²) < 4.78 is 5.34. The second kappa shape index (κ2) is 7.06. The van der Waals surface area contributed by atoms with Gasteiger partial charge in [-0.2, -0.15) is 0 Å². The molecule has 2 fully saturated rings. The lowest BCUT2D eigenvalue weighted by atomic mass is 9.81. The van der Waals surface area contributed by atoms with E-state index in [9.17, 15) is 4.79 Å².